The van der Waals surface area contributed by atoms with Crippen molar-refractivity contribution in [3.63, 3.8) is 0 Å². The summed E-state index contributed by atoms with van der Waals surface area (Å²) >= 11 is 5.95. The van der Waals surface area contributed by atoms with Crippen LogP contribution in [0.25, 0.3) is 11.3 Å². The minimum Gasteiger partial charge on any atom is -0.496 e. The predicted octanol–water partition coefficient (Wildman–Crippen LogP) is 2.31. The fourth-order valence-corrected chi connectivity index (χ4v) is 1.80. The number of hydrogen-bond acceptors (Lipinski definition) is 5. The summed E-state index contributed by atoms with van der Waals surface area (Å²) in [6.45, 7) is 1.98. The molecule has 6 nitrogen and oxygen atoms in total. The third-order valence-corrected chi connectivity index (χ3v) is 2.67. The molecule has 0 saturated heterocycles. The number of aromatic nitrogens is 3. The molecular formula is C12H12ClN3O3. The van der Waals surface area contributed by atoms with E-state index in [-0.39, 0.29) is 12.3 Å². The van der Waals surface area contributed by atoms with Crippen molar-refractivity contribution >= 4 is 17.6 Å². The van der Waals surface area contributed by atoms with E-state index in [0.29, 0.717) is 22.0 Å². The molecule has 0 radical (unpaired) electrons. The number of nitrogens with zero attached hydrogens (tertiary/aromatic N) is 2. The van der Waals surface area contributed by atoms with Gasteiger partial charge in [-0.3, -0.25) is 0 Å². The summed E-state index contributed by atoms with van der Waals surface area (Å²) in [4.78, 5) is 11.8. The SMILES string of the molecule is CCOC(=O)c1n[nH]nc1-c1cc(Cl)ccc1OC. The lowest BCUT2D eigenvalue weighted by Gasteiger charge is -2.07. The molecule has 0 amide bonds. The quantitative estimate of drug-likeness (QED) is 0.870. The molecule has 100 valence electrons. The van der Waals surface area contributed by atoms with Crippen LogP contribution < -0.4 is 4.74 Å². The van der Waals surface area contributed by atoms with Crippen molar-refractivity contribution in [2.45, 2.75) is 6.92 Å². The largest absolute Gasteiger partial charge is 0.496 e. The van der Waals surface area contributed by atoms with Crippen molar-refractivity contribution in [3.05, 3.63) is 28.9 Å². The molecule has 2 rings (SSSR count). The number of benzene rings is 1. The molecule has 19 heavy (non-hydrogen) atoms. The first-order chi connectivity index (χ1) is 9.17. The molecule has 2 aromatic rings. The van der Waals surface area contributed by atoms with Crippen LogP contribution in [-0.4, -0.2) is 35.1 Å². The fraction of sp³-hybridized carbons (Fsp3) is 0.250. The Kier molecular flexibility index (Phi) is 4.01. The molecule has 0 atom stereocenters. The number of nitrogens with one attached hydrogen (secondary N) is 1. The van der Waals surface area contributed by atoms with Crippen LogP contribution in [0.1, 0.15) is 17.4 Å². The third kappa shape index (κ3) is 2.68. The average molecular weight is 282 g/mol. The number of methoxy groups -OCH3 is 1. The van der Waals surface area contributed by atoms with E-state index >= 15 is 0 Å². The van der Waals surface area contributed by atoms with Gasteiger partial charge in [-0.2, -0.15) is 10.3 Å². The van der Waals surface area contributed by atoms with E-state index in [2.05, 4.69) is 15.4 Å². The van der Waals surface area contributed by atoms with Crippen molar-refractivity contribution in [1.29, 1.82) is 0 Å². The maximum Gasteiger partial charge on any atom is 0.361 e. The van der Waals surface area contributed by atoms with E-state index in [9.17, 15) is 4.79 Å². The number of halogens is 1. The first kappa shape index (κ1) is 13.4. The highest BCUT2D eigenvalue weighted by Gasteiger charge is 2.21. The average Bonchev–Trinajstić information content (AvgIpc) is 2.88. The maximum absolute atomic E-state index is 11.8. The molecule has 0 unspecified atom stereocenters. The molecule has 7 heteroatoms. The number of aromatic amines is 1. The monoisotopic (exact) mass is 281 g/mol. The molecular weight excluding hydrogens is 270 g/mol. The topological polar surface area (TPSA) is 77.1 Å². The maximum atomic E-state index is 11.8. The molecule has 1 aromatic carbocycles. The second kappa shape index (κ2) is 5.71. The van der Waals surface area contributed by atoms with Crippen LogP contribution in [-0.2, 0) is 4.74 Å². The summed E-state index contributed by atoms with van der Waals surface area (Å²) in [6, 6.07) is 5.04. The van der Waals surface area contributed by atoms with Gasteiger partial charge in [0.1, 0.15) is 11.4 Å². The molecule has 0 aliphatic rings. The minimum absolute atomic E-state index is 0.0995. The van der Waals surface area contributed by atoms with E-state index in [1.54, 1.807) is 25.1 Å². The molecule has 1 aromatic heterocycles. The zero-order valence-corrected chi connectivity index (χ0v) is 11.2. The van der Waals surface area contributed by atoms with E-state index in [1.807, 2.05) is 0 Å². The van der Waals surface area contributed by atoms with Crippen molar-refractivity contribution in [1.82, 2.24) is 15.4 Å². The Morgan fingerprint density at radius 2 is 2.21 bits per heavy atom. The lowest BCUT2D eigenvalue weighted by Crippen LogP contribution is -2.07. The number of rotatable bonds is 4. The van der Waals surface area contributed by atoms with Gasteiger partial charge in [-0.25, -0.2) is 4.79 Å². The van der Waals surface area contributed by atoms with Gasteiger partial charge in [0, 0.05) is 10.6 Å². The molecule has 1 N–H and O–H groups in total. The normalized spacial score (nSPS) is 10.3. The standard InChI is InChI=1S/C12H12ClN3O3/c1-3-19-12(17)11-10(14-16-15-11)8-6-7(13)4-5-9(8)18-2/h4-6H,3H2,1-2H3,(H,14,15,16). The summed E-state index contributed by atoms with van der Waals surface area (Å²) in [5.41, 5.74) is 1.02. The van der Waals surface area contributed by atoms with Gasteiger partial charge in [0.2, 0.25) is 0 Å². The highest BCUT2D eigenvalue weighted by atomic mass is 35.5. The highest BCUT2D eigenvalue weighted by molar-refractivity contribution is 6.31. The summed E-state index contributed by atoms with van der Waals surface area (Å²) in [5, 5.41) is 10.7. The molecule has 1 heterocycles. The van der Waals surface area contributed by atoms with Gasteiger partial charge in [0.15, 0.2) is 5.69 Å². The summed E-state index contributed by atoms with van der Waals surface area (Å²) in [5.74, 6) is -0.00266. The molecule has 0 saturated carbocycles. The Hall–Kier alpha value is -2.08. The van der Waals surface area contributed by atoms with Crippen molar-refractivity contribution < 1.29 is 14.3 Å². The van der Waals surface area contributed by atoms with Crippen molar-refractivity contribution in [2.75, 3.05) is 13.7 Å². The van der Waals surface area contributed by atoms with E-state index < -0.39 is 5.97 Å². The van der Waals surface area contributed by atoms with Gasteiger partial charge >= 0.3 is 5.97 Å². The lowest BCUT2D eigenvalue weighted by molar-refractivity contribution is 0.0520. The van der Waals surface area contributed by atoms with Crippen LogP contribution in [0.4, 0.5) is 0 Å². The number of carbonyl (C=O) groups excluding carboxylic acids is 1. The molecule has 0 aliphatic carbocycles. The number of hydrogen-bond donors (Lipinski definition) is 1. The highest BCUT2D eigenvalue weighted by Crippen LogP contribution is 2.32. The third-order valence-electron chi connectivity index (χ3n) is 2.43. The van der Waals surface area contributed by atoms with Gasteiger partial charge in [0.25, 0.3) is 0 Å². The van der Waals surface area contributed by atoms with Gasteiger partial charge in [-0.1, -0.05) is 11.6 Å². The molecule has 0 fully saturated rings. The molecule has 0 bridgehead atoms. The second-order valence-corrected chi connectivity index (χ2v) is 4.02. The van der Waals surface area contributed by atoms with Crippen LogP contribution in [0, 0.1) is 0 Å². The first-order valence-electron chi connectivity index (χ1n) is 5.59. The lowest BCUT2D eigenvalue weighted by atomic mass is 10.1. The van der Waals surface area contributed by atoms with Crippen LogP contribution >= 0.6 is 11.6 Å². The van der Waals surface area contributed by atoms with Gasteiger partial charge < -0.3 is 9.47 Å². The van der Waals surface area contributed by atoms with Gasteiger partial charge in [-0.05, 0) is 25.1 Å². The summed E-state index contributed by atoms with van der Waals surface area (Å²) in [7, 11) is 1.52. The fourth-order valence-electron chi connectivity index (χ4n) is 1.63. The van der Waals surface area contributed by atoms with E-state index in [4.69, 9.17) is 21.1 Å². The first-order valence-corrected chi connectivity index (χ1v) is 5.97. The zero-order chi connectivity index (χ0) is 13.8. The summed E-state index contributed by atoms with van der Waals surface area (Å²) in [6.07, 6.45) is 0. The molecule has 0 aliphatic heterocycles. The van der Waals surface area contributed by atoms with Crippen molar-refractivity contribution in [2.24, 2.45) is 0 Å². The predicted molar refractivity (Wildman–Crippen MR) is 69.3 cm³/mol. The van der Waals surface area contributed by atoms with Gasteiger partial charge in [-0.15, -0.1) is 5.10 Å². The second-order valence-electron chi connectivity index (χ2n) is 3.59. The number of H-pyrrole nitrogens is 1. The van der Waals surface area contributed by atoms with Crippen LogP contribution in [0.2, 0.25) is 5.02 Å². The number of ether oxygens (including phenoxy) is 2. The Labute approximate surface area is 114 Å². The van der Waals surface area contributed by atoms with E-state index in [1.165, 1.54) is 7.11 Å². The molecule has 0 spiro atoms. The summed E-state index contributed by atoms with van der Waals surface area (Å²) < 4.78 is 10.1. The van der Waals surface area contributed by atoms with E-state index in [0.717, 1.165) is 0 Å². The smallest absolute Gasteiger partial charge is 0.361 e. The zero-order valence-electron chi connectivity index (χ0n) is 10.4. The Bertz CT molecular complexity index is 598. The van der Waals surface area contributed by atoms with Crippen LogP contribution in [0.15, 0.2) is 18.2 Å². The Morgan fingerprint density at radius 1 is 1.42 bits per heavy atom. The number of esters is 1. The Morgan fingerprint density at radius 3 is 2.89 bits per heavy atom. The minimum atomic E-state index is -0.548. The number of carbonyl (C=O) groups is 1. The van der Waals surface area contributed by atoms with Crippen LogP contribution in [0.3, 0.4) is 0 Å². The Balaban J connectivity index is 2.51. The van der Waals surface area contributed by atoms with Gasteiger partial charge in [0.05, 0.1) is 13.7 Å². The van der Waals surface area contributed by atoms with Crippen molar-refractivity contribution in [3.8, 4) is 17.0 Å². The van der Waals surface area contributed by atoms with Crippen LogP contribution in [0.5, 0.6) is 5.75 Å².